The number of aromatic nitrogens is 2. The zero-order chi connectivity index (χ0) is 15.0. The molecular formula is C13H10ClF3N2O. The molecule has 2 aromatic rings. The van der Waals surface area contributed by atoms with E-state index in [9.17, 15) is 18.0 Å². The molecule has 0 bridgehead atoms. The minimum absolute atomic E-state index is 0.236. The van der Waals surface area contributed by atoms with Gasteiger partial charge in [-0.3, -0.25) is 9.48 Å². The van der Waals surface area contributed by atoms with Crippen LogP contribution >= 0.6 is 11.6 Å². The molecule has 0 saturated heterocycles. The van der Waals surface area contributed by atoms with E-state index in [2.05, 4.69) is 5.10 Å². The number of hydrogen-bond donors (Lipinski definition) is 0. The summed E-state index contributed by atoms with van der Waals surface area (Å²) in [5.74, 6) is -5.19. The standard InChI is InChI=1S/C13H10ClF3N2O/c1-6-8(13(14)19(2)18-6)5-10(20)7-3-4-9(15)12(17)11(7)16/h3-4H,5H2,1-2H3. The topological polar surface area (TPSA) is 34.9 Å². The molecule has 1 aromatic carbocycles. The Morgan fingerprint density at radius 1 is 1.30 bits per heavy atom. The molecule has 106 valence electrons. The number of aryl methyl sites for hydroxylation is 2. The van der Waals surface area contributed by atoms with Crippen molar-refractivity contribution in [3.63, 3.8) is 0 Å². The van der Waals surface area contributed by atoms with Crippen LogP contribution in [0, 0.1) is 24.4 Å². The van der Waals surface area contributed by atoms with Crippen molar-refractivity contribution in [1.29, 1.82) is 0 Å². The van der Waals surface area contributed by atoms with Crippen molar-refractivity contribution in [3.8, 4) is 0 Å². The summed E-state index contributed by atoms with van der Waals surface area (Å²) in [7, 11) is 1.60. The van der Waals surface area contributed by atoms with Crippen LogP contribution in [0.2, 0.25) is 5.15 Å². The van der Waals surface area contributed by atoms with E-state index in [1.165, 1.54) is 4.68 Å². The number of halogens is 4. The predicted molar refractivity (Wildman–Crippen MR) is 67.3 cm³/mol. The highest BCUT2D eigenvalue weighted by Gasteiger charge is 2.21. The Kier molecular flexibility index (Phi) is 3.85. The Labute approximate surface area is 118 Å². The van der Waals surface area contributed by atoms with E-state index in [0.717, 1.165) is 6.07 Å². The van der Waals surface area contributed by atoms with Crippen molar-refractivity contribution in [2.75, 3.05) is 0 Å². The number of rotatable bonds is 3. The van der Waals surface area contributed by atoms with Gasteiger partial charge in [0.1, 0.15) is 5.15 Å². The number of benzene rings is 1. The average molecular weight is 303 g/mol. The van der Waals surface area contributed by atoms with Gasteiger partial charge in [0.25, 0.3) is 0 Å². The van der Waals surface area contributed by atoms with Gasteiger partial charge in [0.2, 0.25) is 0 Å². The molecule has 1 heterocycles. The van der Waals surface area contributed by atoms with Crippen LogP contribution in [0.4, 0.5) is 13.2 Å². The van der Waals surface area contributed by atoms with Crippen LogP contribution in [-0.4, -0.2) is 15.6 Å². The molecule has 0 fully saturated rings. The highest BCUT2D eigenvalue weighted by Crippen LogP contribution is 2.22. The fourth-order valence-electron chi connectivity index (χ4n) is 1.87. The second-order valence-corrected chi connectivity index (χ2v) is 4.66. The maximum atomic E-state index is 13.5. The lowest BCUT2D eigenvalue weighted by molar-refractivity contribution is 0.0987. The van der Waals surface area contributed by atoms with Crippen molar-refractivity contribution in [2.45, 2.75) is 13.3 Å². The average Bonchev–Trinajstić information content (AvgIpc) is 2.62. The molecule has 0 atom stereocenters. The molecule has 0 aliphatic carbocycles. The second-order valence-electron chi connectivity index (χ2n) is 4.30. The van der Waals surface area contributed by atoms with Gasteiger partial charge in [-0.05, 0) is 19.1 Å². The fraction of sp³-hybridized carbons (Fsp3) is 0.231. The third-order valence-electron chi connectivity index (χ3n) is 2.94. The van der Waals surface area contributed by atoms with Gasteiger partial charge in [-0.25, -0.2) is 13.2 Å². The lowest BCUT2D eigenvalue weighted by atomic mass is 10.0. The Morgan fingerprint density at radius 2 is 1.95 bits per heavy atom. The molecular weight excluding hydrogens is 293 g/mol. The highest BCUT2D eigenvalue weighted by molar-refractivity contribution is 6.30. The first-order valence-electron chi connectivity index (χ1n) is 5.67. The second kappa shape index (κ2) is 5.28. The van der Waals surface area contributed by atoms with Crippen molar-refractivity contribution in [2.24, 2.45) is 7.05 Å². The van der Waals surface area contributed by atoms with Crippen LogP contribution in [0.15, 0.2) is 12.1 Å². The summed E-state index contributed by atoms with van der Waals surface area (Å²) < 4.78 is 40.8. The van der Waals surface area contributed by atoms with Gasteiger partial charge in [0, 0.05) is 19.0 Å². The van der Waals surface area contributed by atoms with E-state index in [0.29, 0.717) is 17.3 Å². The van der Waals surface area contributed by atoms with Crippen LogP contribution in [0.3, 0.4) is 0 Å². The lowest BCUT2D eigenvalue weighted by Crippen LogP contribution is -2.09. The van der Waals surface area contributed by atoms with Crippen LogP contribution in [0.25, 0.3) is 0 Å². The van der Waals surface area contributed by atoms with Crippen molar-refractivity contribution >= 4 is 17.4 Å². The normalized spacial score (nSPS) is 10.9. The third-order valence-corrected chi connectivity index (χ3v) is 3.42. The van der Waals surface area contributed by atoms with Crippen LogP contribution in [0.5, 0.6) is 0 Å². The van der Waals surface area contributed by atoms with E-state index in [4.69, 9.17) is 11.6 Å². The van der Waals surface area contributed by atoms with Crippen molar-refractivity contribution in [3.05, 3.63) is 51.6 Å². The van der Waals surface area contributed by atoms with Crippen LogP contribution < -0.4 is 0 Å². The third kappa shape index (κ3) is 2.43. The molecule has 0 N–H and O–H groups in total. The van der Waals surface area contributed by atoms with Gasteiger partial charge >= 0.3 is 0 Å². The molecule has 0 saturated carbocycles. The molecule has 1 aromatic heterocycles. The quantitative estimate of drug-likeness (QED) is 0.644. The van der Waals surface area contributed by atoms with Crippen molar-refractivity contribution < 1.29 is 18.0 Å². The maximum absolute atomic E-state index is 13.5. The number of nitrogens with zero attached hydrogens (tertiary/aromatic N) is 2. The molecule has 0 spiro atoms. The number of carbonyl (C=O) groups excluding carboxylic acids is 1. The first-order valence-corrected chi connectivity index (χ1v) is 6.05. The van der Waals surface area contributed by atoms with Crippen LogP contribution in [0.1, 0.15) is 21.6 Å². The number of ketones is 1. The monoisotopic (exact) mass is 302 g/mol. The zero-order valence-electron chi connectivity index (χ0n) is 10.7. The first kappa shape index (κ1) is 14.6. The lowest BCUT2D eigenvalue weighted by Gasteiger charge is -2.04. The van der Waals surface area contributed by atoms with E-state index in [1.807, 2.05) is 0 Å². The molecule has 0 radical (unpaired) electrons. The minimum atomic E-state index is -1.66. The molecule has 7 heteroatoms. The number of Topliss-reactive ketones (excluding diaryl/α,β-unsaturated/α-hetero) is 1. The number of hydrogen-bond acceptors (Lipinski definition) is 2. The summed E-state index contributed by atoms with van der Waals surface area (Å²) in [6.45, 7) is 1.65. The van der Waals surface area contributed by atoms with Gasteiger partial charge in [-0.1, -0.05) is 11.6 Å². The minimum Gasteiger partial charge on any atom is -0.294 e. The summed E-state index contributed by atoms with van der Waals surface area (Å²) >= 11 is 5.96. The van der Waals surface area contributed by atoms with Gasteiger partial charge in [-0.15, -0.1) is 0 Å². The first-order chi connectivity index (χ1) is 9.32. The summed E-state index contributed by atoms with van der Waals surface area (Å²) in [5.41, 5.74) is 0.445. The molecule has 0 unspecified atom stereocenters. The zero-order valence-corrected chi connectivity index (χ0v) is 11.4. The Hall–Kier alpha value is -1.82. The van der Waals surface area contributed by atoms with Gasteiger partial charge < -0.3 is 0 Å². The van der Waals surface area contributed by atoms with Gasteiger partial charge in [0.05, 0.1) is 11.3 Å². The summed E-state index contributed by atoms with van der Waals surface area (Å²) in [5, 5.41) is 4.27. The summed E-state index contributed by atoms with van der Waals surface area (Å²) in [6.07, 6.45) is -0.236. The summed E-state index contributed by atoms with van der Waals surface area (Å²) in [4.78, 5) is 12.0. The van der Waals surface area contributed by atoms with E-state index in [1.54, 1.807) is 14.0 Å². The summed E-state index contributed by atoms with van der Waals surface area (Å²) in [6, 6.07) is 1.62. The van der Waals surface area contributed by atoms with E-state index in [-0.39, 0.29) is 11.6 Å². The molecule has 0 amide bonds. The largest absolute Gasteiger partial charge is 0.294 e. The molecule has 0 aliphatic heterocycles. The van der Waals surface area contributed by atoms with Gasteiger partial charge in [-0.2, -0.15) is 5.10 Å². The Bertz CT molecular complexity index is 697. The molecule has 20 heavy (non-hydrogen) atoms. The maximum Gasteiger partial charge on any atom is 0.195 e. The molecule has 3 nitrogen and oxygen atoms in total. The molecule has 0 aliphatic rings. The Balaban J connectivity index is 2.36. The predicted octanol–water partition coefficient (Wildman–Crippen LogP) is 3.22. The van der Waals surface area contributed by atoms with E-state index >= 15 is 0 Å². The number of carbonyl (C=O) groups is 1. The van der Waals surface area contributed by atoms with Gasteiger partial charge in [0.15, 0.2) is 23.2 Å². The smallest absolute Gasteiger partial charge is 0.195 e. The van der Waals surface area contributed by atoms with Crippen LogP contribution in [-0.2, 0) is 13.5 Å². The van der Waals surface area contributed by atoms with Crippen molar-refractivity contribution in [1.82, 2.24) is 9.78 Å². The fourth-order valence-corrected chi connectivity index (χ4v) is 2.11. The SMILES string of the molecule is Cc1nn(C)c(Cl)c1CC(=O)c1ccc(F)c(F)c1F. The highest BCUT2D eigenvalue weighted by atomic mass is 35.5. The molecule has 2 rings (SSSR count). The van der Waals surface area contributed by atoms with E-state index < -0.39 is 28.8 Å². The Morgan fingerprint density at radius 3 is 2.50 bits per heavy atom.